The van der Waals surface area contributed by atoms with Crippen LogP contribution in [0, 0.1) is 11.8 Å². The summed E-state index contributed by atoms with van der Waals surface area (Å²) in [6.45, 7) is 3.91. The van der Waals surface area contributed by atoms with E-state index in [0.29, 0.717) is 11.6 Å². The topological polar surface area (TPSA) is 32.3 Å². The van der Waals surface area contributed by atoms with Crippen molar-refractivity contribution in [2.45, 2.75) is 26.3 Å². The summed E-state index contributed by atoms with van der Waals surface area (Å²) in [5, 5.41) is 13.6. The standard InChI is InChI=1S/C13H18ClNO/c1-9(10-5-6-10)7-15-8-11-12(14)3-2-4-13(11)16/h2-4,9-10,15-16H,5-8H2,1H3. The molecule has 0 heterocycles. The van der Waals surface area contributed by atoms with Crippen LogP contribution in [-0.2, 0) is 6.54 Å². The van der Waals surface area contributed by atoms with Crippen LogP contribution in [0.25, 0.3) is 0 Å². The minimum Gasteiger partial charge on any atom is -0.508 e. The van der Waals surface area contributed by atoms with E-state index in [2.05, 4.69) is 12.2 Å². The lowest BCUT2D eigenvalue weighted by Crippen LogP contribution is -2.22. The normalized spacial score (nSPS) is 17.4. The Morgan fingerprint density at radius 2 is 2.25 bits per heavy atom. The molecule has 1 aromatic rings. The van der Waals surface area contributed by atoms with Crippen molar-refractivity contribution in [2.75, 3.05) is 6.54 Å². The molecule has 0 amide bonds. The molecule has 0 aliphatic heterocycles. The Morgan fingerprint density at radius 1 is 1.50 bits per heavy atom. The molecule has 2 rings (SSSR count). The maximum atomic E-state index is 9.65. The number of nitrogens with one attached hydrogen (secondary N) is 1. The zero-order chi connectivity index (χ0) is 11.5. The highest BCUT2D eigenvalue weighted by atomic mass is 35.5. The zero-order valence-electron chi connectivity index (χ0n) is 9.54. The van der Waals surface area contributed by atoms with Gasteiger partial charge in [0.05, 0.1) is 0 Å². The summed E-state index contributed by atoms with van der Waals surface area (Å²) in [6.07, 6.45) is 2.75. The molecule has 0 aromatic heterocycles. The molecule has 16 heavy (non-hydrogen) atoms. The van der Waals surface area contributed by atoms with Crippen LogP contribution in [0.3, 0.4) is 0 Å². The first-order chi connectivity index (χ1) is 7.68. The van der Waals surface area contributed by atoms with Crippen LogP contribution < -0.4 is 5.32 Å². The van der Waals surface area contributed by atoms with Gasteiger partial charge in [0.15, 0.2) is 0 Å². The lowest BCUT2D eigenvalue weighted by Gasteiger charge is -2.12. The molecule has 1 aliphatic carbocycles. The van der Waals surface area contributed by atoms with Gasteiger partial charge in [-0.05, 0) is 43.4 Å². The van der Waals surface area contributed by atoms with Crippen LogP contribution in [0.1, 0.15) is 25.3 Å². The lowest BCUT2D eigenvalue weighted by molar-refractivity contribution is 0.444. The molecule has 88 valence electrons. The summed E-state index contributed by atoms with van der Waals surface area (Å²) in [5.74, 6) is 1.91. The van der Waals surface area contributed by atoms with Crippen molar-refractivity contribution in [3.63, 3.8) is 0 Å². The number of phenolic OH excluding ortho intramolecular Hbond substituents is 1. The average Bonchev–Trinajstić information content (AvgIpc) is 3.05. The molecule has 0 radical (unpaired) electrons. The van der Waals surface area contributed by atoms with E-state index in [9.17, 15) is 5.11 Å². The first-order valence-electron chi connectivity index (χ1n) is 5.85. The Bertz CT molecular complexity index is 343. The minimum absolute atomic E-state index is 0.277. The molecule has 1 aliphatic rings. The van der Waals surface area contributed by atoms with Crippen LogP contribution in [0.4, 0.5) is 0 Å². The largest absolute Gasteiger partial charge is 0.508 e. The van der Waals surface area contributed by atoms with E-state index in [0.717, 1.165) is 23.9 Å². The van der Waals surface area contributed by atoms with Crippen LogP contribution >= 0.6 is 11.6 Å². The molecule has 1 fully saturated rings. The summed E-state index contributed by atoms with van der Waals surface area (Å²) < 4.78 is 0. The number of aromatic hydroxyl groups is 1. The fraction of sp³-hybridized carbons (Fsp3) is 0.538. The Kier molecular flexibility index (Phi) is 3.72. The molecule has 1 aromatic carbocycles. The van der Waals surface area contributed by atoms with E-state index >= 15 is 0 Å². The molecular formula is C13H18ClNO. The maximum Gasteiger partial charge on any atom is 0.121 e. The van der Waals surface area contributed by atoms with Gasteiger partial charge in [-0.3, -0.25) is 0 Å². The summed E-state index contributed by atoms with van der Waals surface area (Å²) in [7, 11) is 0. The van der Waals surface area contributed by atoms with Crippen molar-refractivity contribution in [3.05, 3.63) is 28.8 Å². The molecule has 0 saturated heterocycles. The highest BCUT2D eigenvalue weighted by molar-refractivity contribution is 6.31. The van der Waals surface area contributed by atoms with Gasteiger partial charge in [0.1, 0.15) is 5.75 Å². The fourth-order valence-electron chi connectivity index (χ4n) is 1.98. The number of benzene rings is 1. The van der Waals surface area contributed by atoms with Crippen molar-refractivity contribution in [1.29, 1.82) is 0 Å². The molecule has 0 bridgehead atoms. The quantitative estimate of drug-likeness (QED) is 0.827. The third-order valence-corrected chi connectivity index (χ3v) is 3.64. The summed E-state index contributed by atoms with van der Waals surface area (Å²) in [4.78, 5) is 0. The van der Waals surface area contributed by atoms with Gasteiger partial charge in [0, 0.05) is 17.1 Å². The predicted molar refractivity (Wildman–Crippen MR) is 66.7 cm³/mol. The monoisotopic (exact) mass is 239 g/mol. The van der Waals surface area contributed by atoms with Crippen molar-refractivity contribution in [1.82, 2.24) is 5.32 Å². The van der Waals surface area contributed by atoms with Crippen molar-refractivity contribution < 1.29 is 5.11 Å². The van der Waals surface area contributed by atoms with Crippen LogP contribution in [-0.4, -0.2) is 11.7 Å². The average molecular weight is 240 g/mol. The van der Waals surface area contributed by atoms with E-state index in [1.807, 2.05) is 6.07 Å². The molecule has 1 saturated carbocycles. The Labute approximate surface area is 102 Å². The van der Waals surface area contributed by atoms with Crippen molar-refractivity contribution in [2.24, 2.45) is 11.8 Å². The van der Waals surface area contributed by atoms with Gasteiger partial charge in [0.25, 0.3) is 0 Å². The highest BCUT2D eigenvalue weighted by Gasteiger charge is 2.27. The third-order valence-electron chi connectivity index (χ3n) is 3.29. The van der Waals surface area contributed by atoms with Gasteiger partial charge in [-0.2, -0.15) is 0 Å². The van der Waals surface area contributed by atoms with E-state index in [1.54, 1.807) is 12.1 Å². The first-order valence-corrected chi connectivity index (χ1v) is 6.23. The van der Waals surface area contributed by atoms with Gasteiger partial charge in [-0.15, -0.1) is 0 Å². The van der Waals surface area contributed by atoms with E-state index < -0.39 is 0 Å². The number of halogens is 1. The molecule has 0 spiro atoms. The smallest absolute Gasteiger partial charge is 0.121 e. The number of phenols is 1. The van der Waals surface area contributed by atoms with E-state index in [4.69, 9.17) is 11.6 Å². The second-order valence-electron chi connectivity index (χ2n) is 4.68. The Balaban J connectivity index is 1.84. The number of hydrogen-bond acceptors (Lipinski definition) is 2. The predicted octanol–water partition coefficient (Wildman–Crippen LogP) is 3.18. The van der Waals surface area contributed by atoms with Crippen molar-refractivity contribution in [3.8, 4) is 5.75 Å². The Morgan fingerprint density at radius 3 is 2.88 bits per heavy atom. The molecule has 3 heteroatoms. The molecular weight excluding hydrogens is 222 g/mol. The van der Waals surface area contributed by atoms with Crippen LogP contribution in [0.2, 0.25) is 5.02 Å². The molecule has 1 unspecified atom stereocenters. The first kappa shape index (κ1) is 11.7. The van der Waals surface area contributed by atoms with Gasteiger partial charge >= 0.3 is 0 Å². The van der Waals surface area contributed by atoms with E-state index in [-0.39, 0.29) is 5.75 Å². The van der Waals surface area contributed by atoms with Gasteiger partial charge in [-0.25, -0.2) is 0 Å². The maximum absolute atomic E-state index is 9.65. The second kappa shape index (κ2) is 5.07. The minimum atomic E-state index is 0.277. The van der Waals surface area contributed by atoms with Crippen LogP contribution in [0.5, 0.6) is 5.75 Å². The zero-order valence-corrected chi connectivity index (χ0v) is 10.3. The third kappa shape index (κ3) is 2.89. The van der Waals surface area contributed by atoms with Crippen LogP contribution in [0.15, 0.2) is 18.2 Å². The number of hydrogen-bond donors (Lipinski definition) is 2. The van der Waals surface area contributed by atoms with Crippen molar-refractivity contribution >= 4 is 11.6 Å². The molecule has 2 N–H and O–H groups in total. The number of rotatable bonds is 5. The SMILES string of the molecule is CC(CNCc1c(O)cccc1Cl)C1CC1. The molecule has 1 atom stereocenters. The fourth-order valence-corrected chi connectivity index (χ4v) is 2.22. The summed E-state index contributed by atoms with van der Waals surface area (Å²) in [5.41, 5.74) is 0.798. The Hall–Kier alpha value is -0.730. The van der Waals surface area contributed by atoms with Gasteiger partial charge in [0.2, 0.25) is 0 Å². The summed E-state index contributed by atoms with van der Waals surface area (Å²) in [6, 6.07) is 5.24. The highest BCUT2D eigenvalue weighted by Crippen LogP contribution is 2.36. The lowest BCUT2D eigenvalue weighted by atomic mass is 10.1. The summed E-state index contributed by atoms with van der Waals surface area (Å²) >= 11 is 6.02. The van der Waals surface area contributed by atoms with E-state index in [1.165, 1.54) is 12.8 Å². The molecule has 2 nitrogen and oxygen atoms in total. The van der Waals surface area contributed by atoms with Gasteiger partial charge < -0.3 is 10.4 Å². The van der Waals surface area contributed by atoms with Gasteiger partial charge in [-0.1, -0.05) is 24.6 Å². The second-order valence-corrected chi connectivity index (χ2v) is 5.09.